The minimum atomic E-state index is -0.159. The number of aliphatic hydroxyl groups excluding tert-OH is 1. The Morgan fingerprint density at radius 1 is 1.29 bits per heavy atom. The molecule has 0 atom stereocenters. The number of aliphatic hydroxyl groups is 1. The zero-order valence-corrected chi connectivity index (χ0v) is 16.7. The predicted molar refractivity (Wildman–Crippen MR) is 114 cm³/mol. The lowest BCUT2D eigenvalue weighted by atomic mass is 10.1. The molecule has 1 aromatic heterocycles. The van der Waals surface area contributed by atoms with Gasteiger partial charge in [0, 0.05) is 43.5 Å². The van der Waals surface area contributed by atoms with Crippen LogP contribution < -0.4 is 15.0 Å². The van der Waals surface area contributed by atoms with Crippen molar-refractivity contribution in [2.75, 3.05) is 31.4 Å². The predicted octanol–water partition coefficient (Wildman–Crippen LogP) is 4.62. The van der Waals surface area contributed by atoms with Gasteiger partial charge in [0.1, 0.15) is 5.75 Å². The van der Waals surface area contributed by atoms with E-state index in [0.29, 0.717) is 28.6 Å². The SMILES string of the molecule is [C-]#[N+]c1cc(N(C)C)c2ncc(CO)c(NCc3ccc(OC)c(Cl)c3)c2c1. The van der Waals surface area contributed by atoms with Crippen LogP contribution in [0, 0.1) is 6.57 Å². The molecule has 144 valence electrons. The number of methoxy groups -OCH3 is 1. The summed E-state index contributed by atoms with van der Waals surface area (Å²) in [5, 5.41) is 14.5. The highest BCUT2D eigenvalue weighted by molar-refractivity contribution is 6.32. The van der Waals surface area contributed by atoms with Gasteiger partial charge in [0.25, 0.3) is 0 Å². The van der Waals surface area contributed by atoms with Crippen LogP contribution in [0.5, 0.6) is 5.75 Å². The molecule has 0 aliphatic carbocycles. The molecule has 0 aliphatic rings. The molecular weight excluding hydrogens is 376 g/mol. The average Bonchev–Trinajstić information content (AvgIpc) is 2.70. The van der Waals surface area contributed by atoms with Gasteiger partial charge >= 0.3 is 0 Å². The summed E-state index contributed by atoms with van der Waals surface area (Å²) in [6, 6.07) is 9.19. The van der Waals surface area contributed by atoms with Gasteiger partial charge in [-0.1, -0.05) is 17.7 Å². The summed E-state index contributed by atoms with van der Waals surface area (Å²) in [4.78, 5) is 10.0. The number of fused-ring (bicyclic) bond motifs is 1. The first-order chi connectivity index (χ1) is 13.5. The molecule has 0 bridgehead atoms. The Labute approximate surface area is 169 Å². The van der Waals surface area contributed by atoms with Crippen LogP contribution in [0.2, 0.25) is 5.02 Å². The maximum Gasteiger partial charge on any atom is 0.190 e. The molecule has 0 radical (unpaired) electrons. The third-order valence-corrected chi connectivity index (χ3v) is 4.78. The first-order valence-corrected chi connectivity index (χ1v) is 9.03. The highest BCUT2D eigenvalue weighted by Gasteiger charge is 2.14. The summed E-state index contributed by atoms with van der Waals surface area (Å²) in [5.74, 6) is 0.619. The molecule has 3 aromatic rings. The number of nitrogens with one attached hydrogen (secondary N) is 1. The molecule has 28 heavy (non-hydrogen) atoms. The number of ether oxygens (including phenoxy) is 1. The molecule has 0 unspecified atom stereocenters. The molecule has 2 N–H and O–H groups in total. The second kappa shape index (κ2) is 8.34. The number of nitrogens with zero attached hydrogens (tertiary/aromatic N) is 3. The van der Waals surface area contributed by atoms with E-state index in [1.165, 1.54) is 0 Å². The highest BCUT2D eigenvalue weighted by atomic mass is 35.5. The summed E-state index contributed by atoms with van der Waals surface area (Å²) in [7, 11) is 5.40. The number of benzene rings is 2. The van der Waals surface area contributed by atoms with Crippen LogP contribution in [0.15, 0.2) is 36.5 Å². The Kier molecular flexibility index (Phi) is 5.88. The molecule has 0 saturated carbocycles. The van der Waals surface area contributed by atoms with Crippen molar-refractivity contribution in [1.29, 1.82) is 0 Å². The number of aromatic nitrogens is 1. The molecule has 0 fully saturated rings. The lowest BCUT2D eigenvalue weighted by Gasteiger charge is -2.19. The summed E-state index contributed by atoms with van der Waals surface area (Å²) in [6.07, 6.45) is 1.66. The van der Waals surface area contributed by atoms with Gasteiger partial charge < -0.3 is 20.1 Å². The number of hydrogen-bond donors (Lipinski definition) is 2. The lowest BCUT2D eigenvalue weighted by molar-refractivity contribution is 0.282. The first-order valence-electron chi connectivity index (χ1n) is 8.66. The number of anilines is 2. The molecule has 2 aromatic carbocycles. The van der Waals surface area contributed by atoms with Crippen LogP contribution in [0.25, 0.3) is 15.7 Å². The van der Waals surface area contributed by atoms with Crippen LogP contribution in [0.3, 0.4) is 0 Å². The molecule has 7 heteroatoms. The topological polar surface area (TPSA) is 62.0 Å². The summed E-state index contributed by atoms with van der Waals surface area (Å²) in [5.41, 5.74) is 4.53. The smallest absolute Gasteiger partial charge is 0.190 e. The number of rotatable bonds is 6. The minimum Gasteiger partial charge on any atom is -0.495 e. The number of pyridine rings is 1. The van der Waals surface area contributed by atoms with Crippen molar-refractivity contribution in [2.45, 2.75) is 13.2 Å². The third kappa shape index (κ3) is 3.81. The van der Waals surface area contributed by atoms with Gasteiger partial charge in [0.15, 0.2) is 5.69 Å². The molecule has 0 amide bonds. The second-order valence-electron chi connectivity index (χ2n) is 6.51. The molecule has 0 spiro atoms. The fourth-order valence-electron chi connectivity index (χ4n) is 3.05. The van der Waals surface area contributed by atoms with Crippen LogP contribution >= 0.6 is 11.6 Å². The van der Waals surface area contributed by atoms with Crippen LogP contribution in [0.4, 0.5) is 17.1 Å². The zero-order valence-electron chi connectivity index (χ0n) is 16.0. The van der Waals surface area contributed by atoms with Crippen molar-refractivity contribution in [3.63, 3.8) is 0 Å². The van der Waals surface area contributed by atoms with Crippen LogP contribution in [-0.2, 0) is 13.2 Å². The summed E-state index contributed by atoms with van der Waals surface area (Å²) in [6.45, 7) is 7.75. The first kappa shape index (κ1) is 19.7. The van der Waals surface area contributed by atoms with E-state index in [9.17, 15) is 5.11 Å². The molecular formula is C21H21ClN4O2. The minimum absolute atomic E-state index is 0.159. The van der Waals surface area contributed by atoms with Crippen molar-refractivity contribution in [3.05, 3.63) is 64.1 Å². The van der Waals surface area contributed by atoms with E-state index in [4.69, 9.17) is 22.9 Å². The fraction of sp³-hybridized carbons (Fsp3) is 0.238. The van der Waals surface area contributed by atoms with Gasteiger partial charge in [-0.05, 0) is 29.8 Å². The fourth-order valence-corrected chi connectivity index (χ4v) is 3.34. The lowest BCUT2D eigenvalue weighted by Crippen LogP contribution is -2.11. The van der Waals surface area contributed by atoms with E-state index in [2.05, 4.69) is 15.1 Å². The number of halogens is 1. The third-order valence-electron chi connectivity index (χ3n) is 4.48. The van der Waals surface area contributed by atoms with Gasteiger partial charge in [-0.2, -0.15) is 0 Å². The number of hydrogen-bond acceptors (Lipinski definition) is 5. The van der Waals surface area contributed by atoms with Gasteiger partial charge in [0.05, 0.1) is 36.5 Å². The Hall–Kier alpha value is -3.01. The maximum absolute atomic E-state index is 9.80. The van der Waals surface area contributed by atoms with Gasteiger partial charge in [-0.25, -0.2) is 4.85 Å². The monoisotopic (exact) mass is 396 g/mol. The quantitative estimate of drug-likeness (QED) is 0.595. The van der Waals surface area contributed by atoms with Crippen molar-refractivity contribution >= 4 is 39.6 Å². The van der Waals surface area contributed by atoms with E-state index in [1.54, 1.807) is 19.4 Å². The Balaban J connectivity index is 2.07. The Morgan fingerprint density at radius 2 is 2.07 bits per heavy atom. The van der Waals surface area contributed by atoms with E-state index in [-0.39, 0.29) is 6.61 Å². The zero-order chi connectivity index (χ0) is 20.3. The molecule has 3 rings (SSSR count). The Bertz CT molecular complexity index is 1060. The normalized spacial score (nSPS) is 10.6. The molecule has 1 heterocycles. The van der Waals surface area contributed by atoms with Crippen molar-refractivity contribution in [2.24, 2.45) is 0 Å². The van der Waals surface area contributed by atoms with E-state index < -0.39 is 0 Å². The maximum atomic E-state index is 9.80. The second-order valence-corrected chi connectivity index (χ2v) is 6.91. The Morgan fingerprint density at radius 3 is 2.68 bits per heavy atom. The standard InChI is InChI=1S/C21H21ClN4O2/c1-23-15-8-16-20(24-10-13-5-6-19(28-4)17(22)7-13)14(12-27)11-25-21(16)18(9-15)26(2)3/h5-9,11,27H,10,12H2,2-4H3,(H,24,25). The van der Waals surface area contributed by atoms with Gasteiger partial charge in [-0.15, -0.1) is 0 Å². The molecule has 0 saturated heterocycles. The van der Waals surface area contributed by atoms with Crippen LogP contribution in [0.1, 0.15) is 11.1 Å². The van der Waals surface area contributed by atoms with Gasteiger partial charge in [-0.3, -0.25) is 4.98 Å². The van der Waals surface area contributed by atoms with E-state index in [0.717, 1.165) is 27.8 Å². The summed E-state index contributed by atoms with van der Waals surface area (Å²) >= 11 is 6.22. The van der Waals surface area contributed by atoms with E-state index >= 15 is 0 Å². The molecule has 0 aliphatic heterocycles. The van der Waals surface area contributed by atoms with Gasteiger partial charge in [0.2, 0.25) is 0 Å². The highest BCUT2D eigenvalue weighted by Crippen LogP contribution is 2.36. The van der Waals surface area contributed by atoms with E-state index in [1.807, 2.05) is 43.3 Å². The molecule has 6 nitrogen and oxygen atoms in total. The summed E-state index contributed by atoms with van der Waals surface area (Å²) < 4.78 is 5.19. The van der Waals surface area contributed by atoms with Crippen molar-refractivity contribution in [1.82, 2.24) is 4.98 Å². The van der Waals surface area contributed by atoms with Crippen LogP contribution in [-0.4, -0.2) is 31.3 Å². The van der Waals surface area contributed by atoms with Crippen molar-refractivity contribution in [3.8, 4) is 5.75 Å². The van der Waals surface area contributed by atoms with Crippen molar-refractivity contribution < 1.29 is 9.84 Å². The largest absolute Gasteiger partial charge is 0.495 e. The average molecular weight is 397 g/mol.